The van der Waals surface area contributed by atoms with Gasteiger partial charge in [0, 0.05) is 0 Å². The van der Waals surface area contributed by atoms with Gasteiger partial charge in [-0.25, -0.2) is 0 Å². The lowest BCUT2D eigenvalue weighted by atomic mass is 10.2. The molecule has 1 rings (SSSR count). The number of hydrogen-bond donors (Lipinski definition) is 0. The molecule has 0 fully saturated rings. The number of halogens is 3. The zero-order valence-corrected chi connectivity index (χ0v) is 11.5. The quantitative estimate of drug-likeness (QED) is 0.756. The summed E-state index contributed by atoms with van der Waals surface area (Å²) >= 11 is 0. The van der Waals surface area contributed by atoms with Crippen molar-refractivity contribution in [1.29, 1.82) is 0 Å². The smallest absolute Gasteiger partial charge is 0.416 e. The van der Waals surface area contributed by atoms with Crippen LogP contribution in [0.15, 0.2) is 18.2 Å². The van der Waals surface area contributed by atoms with Crippen LogP contribution in [0, 0.1) is 0 Å². The minimum Gasteiger partial charge on any atom is -0.494 e. The monoisotopic (exact) mass is 262 g/mol. The highest BCUT2D eigenvalue weighted by atomic mass is 28.3. The molecule has 0 radical (unpaired) electrons. The van der Waals surface area contributed by atoms with Crippen molar-refractivity contribution < 1.29 is 17.9 Å². The topological polar surface area (TPSA) is 9.23 Å². The molecule has 0 unspecified atom stereocenters. The second-order valence-corrected chi connectivity index (χ2v) is 9.93. The first-order valence-corrected chi connectivity index (χ1v) is 9.00. The fourth-order valence-corrected chi connectivity index (χ4v) is 3.06. The molecule has 0 spiro atoms. The van der Waals surface area contributed by atoms with E-state index in [9.17, 15) is 13.2 Å². The Morgan fingerprint density at radius 1 is 1.18 bits per heavy atom. The lowest BCUT2D eigenvalue weighted by Crippen LogP contribution is -2.39. The fraction of sp³-hybridized carbons (Fsp3) is 0.500. The lowest BCUT2D eigenvalue weighted by Gasteiger charge is -2.22. The van der Waals surface area contributed by atoms with Crippen molar-refractivity contribution >= 4 is 13.3 Å². The summed E-state index contributed by atoms with van der Waals surface area (Å²) in [6.07, 6.45) is -4.29. The molecule has 5 heteroatoms. The third kappa shape index (κ3) is 3.49. The van der Waals surface area contributed by atoms with E-state index in [1.165, 1.54) is 12.1 Å². The molecule has 1 aromatic rings. The Labute approximate surface area is 101 Å². The molecule has 0 atom stereocenters. The highest BCUT2D eigenvalue weighted by Gasteiger charge is 2.33. The fourth-order valence-electron chi connectivity index (χ4n) is 1.57. The molecule has 0 aliphatic rings. The number of hydrogen-bond acceptors (Lipinski definition) is 1. The van der Waals surface area contributed by atoms with E-state index in [1.54, 1.807) is 0 Å². The second-order valence-electron chi connectivity index (χ2n) is 4.89. The van der Waals surface area contributed by atoms with E-state index in [0.29, 0.717) is 17.5 Å². The molecule has 96 valence electrons. The number of alkyl halides is 3. The van der Waals surface area contributed by atoms with Crippen LogP contribution < -0.4 is 9.92 Å². The first kappa shape index (κ1) is 14.1. The van der Waals surface area contributed by atoms with Crippen molar-refractivity contribution in [3.63, 3.8) is 0 Å². The van der Waals surface area contributed by atoms with Gasteiger partial charge in [0.15, 0.2) is 0 Å². The summed E-state index contributed by atoms with van der Waals surface area (Å²) in [4.78, 5) is 0. The van der Waals surface area contributed by atoms with Crippen molar-refractivity contribution in [2.75, 3.05) is 6.61 Å². The highest BCUT2D eigenvalue weighted by molar-refractivity contribution is 6.89. The van der Waals surface area contributed by atoms with Crippen LogP contribution in [0.2, 0.25) is 19.6 Å². The van der Waals surface area contributed by atoms with Gasteiger partial charge in [-0.05, 0) is 30.3 Å². The molecular formula is C12H17F3OSi. The van der Waals surface area contributed by atoms with Crippen LogP contribution >= 0.6 is 0 Å². The average Bonchev–Trinajstić information content (AvgIpc) is 2.15. The van der Waals surface area contributed by atoms with E-state index in [4.69, 9.17) is 4.74 Å². The molecule has 0 amide bonds. The molecule has 0 bridgehead atoms. The van der Waals surface area contributed by atoms with Crippen LogP contribution in [0.3, 0.4) is 0 Å². The summed E-state index contributed by atoms with van der Waals surface area (Å²) in [6.45, 7) is 8.30. The van der Waals surface area contributed by atoms with E-state index < -0.39 is 19.8 Å². The summed E-state index contributed by atoms with van der Waals surface area (Å²) in [5, 5.41) is 0.717. The van der Waals surface area contributed by atoms with Crippen LogP contribution in [0.4, 0.5) is 13.2 Å². The largest absolute Gasteiger partial charge is 0.494 e. The maximum Gasteiger partial charge on any atom is 0.416 e. The summed E-state index contributed by atoms with van der Waals surface area (Å²) in [5.74, 6) is 0.583. The van der Waals surface area contributed by atoms with Crippen molar-refractivity contribution in [2.24, 2.45) is 0 Å². The average molecular weight is 262 g/mol. The highest BCUT2D eigenvalue weighted by Crippen LogP contribution is 2.30. The van der Waals surface area contributed by atoms with Crippen molar-refractivity contribution in [3.8, 4) is 5.75 Å². The van der Waals surface area contributed by atoms with E-state index in [2.05, 4.69) is 0 Å². The van der Waals surface area contributed by atoms with Gasteiger partial charge in [0.2, 0.25) is 0 Å². The molecule has 0 aromatic heterocycles. The molecule has 0 saturated carbocycles. The van der Waals surface area contributed by atoms with Gasteiger partial charge in [0.25, 0.3) is 0 Å². The van der Waals surface area contributed by atoms with Crippen molar-refractivity contribution in [1.82, 2.24) is 0 Å². The minimum atomic E-state index is -4.29. The molecule has 1 nitrogen and oxygen atoms in total. The molecule has 0 heterocycles. The van der Waals surface area contributed by atoms with Crippen LogP contribution in [0.25, 0.3) is 0 Å². The Hall–Kier alpha value is -0.973. The van der Waals surface area contributed by atoms with Gasteiger partial charge in [-0.15, -0.1) is 0 Å². The minimum absolute atomic E-state index is 0.461. The SMILES string of the molecule is CCOc1ccc(C(F)(F)F)cc1[Si](C)(C)C. The standard InChI is InChI=1S/C12H17F3OSi/c1-5-16-10-7-6-9(12(13,14)15)8-11(10)17(2,3)4/h6-8H,5H2,1-4H3. The van der Waals surface area contributed by atoms with Gasteiger partial charge in [0.1, 0.15) is 5.75 Å². The van der Waals surface area contributed by atoms with Gasteiger partial charge in [0.05, 0.1) is 20.2 Å². The summed E-state index contributed by atoms with van der Waals surface area (Å²) in [5.41, 5.74) is -0.599. The van der Waals surface area contributed by atoms with Crippen LogP contribution in [0.5, 0.6) is 5.75 Å². The van der Waals surface area contributed by atoms with Gasteiger partial charge < -0.3 is 4.74 Å². The Morgan fingerprint density at radius 2 is 1.76 bits per heavy atom. The maximum atomic E-state index is 12.6. The van der Waals surface area contributed by atoms with E-state index in [0.717, 1.165) is 6.07 Å². The maximum absolute atomic E-state index is 12.6. The third-order valence-corrected chi connectivity index (χ3v) is 4.42. The molecule has 0 N–H and O–H groups in total. The predicted octanol–water partition coefficient (Wildman–Crippen LogP) is 3.65. The van der Waals surface area contributed by atoms with Gasteiger partial charge in [-0.3, -0.25) is 0 Å². The molecule has 1 aromatic carbocycles. The Kier molecular flexibility index (Phi) is 3.91. The Morgan fingerprint density at radius 3 is 2.18 bits per heavy atom. The normalized spacial score (nSPS) is 12.6. The van der Waals surface area contributed by atoms with Crippen molar-refractivity contribution in [3.05, 3.63) is 23.8 Å². The van der Waals surface area contributed by atoms with E-state index in [1.807, 2.05) is 26.6 Å². The molecule has 0 saturated heterocycles. The lowest BCUT2D eigenvalue weighted by molar-refractivity contribution is -0.137. The number of ether oxygens (including phenoxy) is 1. The second kappa shape index (κ2) is 4.72. The zero-order chi connectivity index (χ0) is 13.3. The van der Waals surface area contributed by atoms with E-state index >= 15 is 0 Å². The first-order valence-electron chi connectivity index (χ1n) is 5.50. The molecular weight excluding hydrogens is 245 g/mol. The molecule has 0 aliphatic carbocycles. The van der Waals surface area contributed by atoms with Crippen molar-refractivity contribution in [2.45, 2.75) is 32.7 Å². The molecule has 0 aliphatic heterocycles. The van der Waals surface area contributed by atoms with E-state index in [-0.39, 0.29) is 0 Å². The van der Waals surface area contributed by atoms with Gasteiger partial charge in [-0.2, -0.15) is 13.2 Å². The number of rotatable bonds is 3. The first-order chi connectivity index (χ1) is 7.66. The Bertz CT molecular complexity index is 394. The zero-order valence-electron chi connectivity index (χ0n) is 10.5. The van der Waals surface area contributed by atoms with Gasteiger partial charge in [-0.1, -0.05) is 19.6 Å². The van der Waals surface area contributed by atoms with Gasteiger partial charge >= 0.3 is 6.18 Å². The van der Waals surface area contributed by atoms with Crippen LogP contribution in [-0.4, -0.2) is 14.7 Å². The van der Waals surface area contributed by atoms with Crippen LogP contribution in [-0.2, 0) is 6.18 Å². The molecule has 17 heavy (non-hydrogen) atoms. The number of benzene rings is 1. The summed E-state index contributed by atoms with van der Waals surface area (Å²) in [6, 6.07) is 3.74. The third-order valence-electron chi connectivity index (χ3n) is 2.41. The summed E-state index contributed by atoms with van der Waals surface area (Å²) in [7, 11) is -1.85. The Balaban J connectivity index is 3.30. The van der Waals surface area contributed by atoms with Crippen LogP contribution in [0.1, 0.15) is 12.5 Å². The summed E-state index contributed by atoms with van der Waals surface area (Å²) < 4.78 is 43.3. The predicted molar refractivity (Wildman–Crippen MR) is 65.6 cm³/mol.